The molecule has 2 aromatic carbocycles. The SMILES string of the molecule is CC(C)(C)C1CC2=C(OC(N)=C(C#N)C2c2cccc(F)c2)/C(=C/c2cccc(F)c2)C1. The van der Waals surface area contributed by atoms with Crippen molar-refractivity contribution in [2.24, 2.45) is 17.1 Å². The van der Waals surface area contributed by atoms with Gasteiger partial charge in [-0.2, -0.15) is 5.26 Å². The first-order valence-electron chi connectivity index (χ1n) is 10.7. The number of allylic oxidation sites excluding steroid dienone is 3. The van der Waals surface area contributed by atoms with E-state index < -0.39 is 5.92 Å². The summed E-state index contributed by atoms with van der Waals surface area (Å²) in [5.41, 5.74) is 9.65. The average Bonchev–Trinajstić information content (AvgIpc) is 2.72. The summed E-state index contributed by atoms with van der Waals surface area (Å²) in [6.45, 7) is 6.54. The van der Waals surface area contributed by atoms with Gasteiger partial charge in [0.1, 0.15) is 29.0 Å². The zero-order chi connectivity index (χ0) is 23.0. The first-order chi connectivity index (χ1) is 15.2. The van der Waals surface area contributed by atoms with Gasteiger partial charge in [0.15, 0.2) is 0 Å². The number of rotatable bonds is 2. The van der Waals surface area contributed by atoms with Crippen molar-refractivity contribution in [1.29, 1.82) is 5.26 Å². The van der Waals surface area contributed by atoms with Gasteiger partial charge < -0.3 is 10.5 Å². The molecule has 0 bridgehead atoms. The van der Waals surface area contributed by atoms with Crippen LogP contribution in [0.15, 0.2) is 76.9 Å². The van der Waals surface area contributed by atoms with Crippen LogP contribution in [0.25, 0.3) is 6.08 Å². The molecule has 2 aromatic rings. The summed E-state index contributed by atoms with van der Waals surface area (Å²) >= 11 is 0. The zero-order valence-electron chi connectivity index (χ0n) is 18.5. The molecule has 0 fully saturated rings. The molecule has 1 heterocycles. The minimum absolute atomic E-state index is 0.0223. The largest absolute Gasteiger partial charge is 0.440 e. The quantitative estimate of drug-likeness (QED) is 0.584. The van der Waals surface area contributed by atoms with E-state index in [1.165, 1.54) is 24.3 Å². The van der Waals surface area contributed by atoms with E-state index in [0.29, 0.717) is 17.7 Å². The van der Waals surface area contributed by atoms with Crippen molar-refractivity contribution < 1.29 is 13.5 Å². The zero-order valence-corrected chi connectivity index (χ0v) is 18.5. The molecule has 3 nitrogen and oxygen atoms in total. The first kappa shape index (κ1) is 21.8. The Morgan fingerprint density at radius 3 is 2.38 bits per heavy atom. The highest BCUT2D eigenvalue weighted by atomic mass is 19.1. The minimum atomic E-state index is -0.486. The molecule has 1 aliphatic carbocycles. The highest BCUT2D eigenvalue weighted by Gasteiger charge is 2.41. The molecule has 1 aliphatic heterocycles. The van der Waals surface area contributed by atoms with Crippen molar-refractivity contribution in [3.8, 4) is 6.07 Å². The second-order valence-electron chi connectivity index (χ2n) is 9.53. The van der Waals surface area contributed by atoms with Crippen LogP contribution in [-0.4, -0.2) is 0 Å². The van der Waals surface area contributed by atoms with E-state index in [1.807, 2.05) is 18.2 Å². The fourth-order valence-corrected chi connectivity index (χ4v) is 4.56. The number of benzene rings is 2. The number of ether oxygens (including phenoxy) is 1. The monoisotopic (exact) mass is 432 g/mol. The number of nitrogens with two attached hydrogens (primary N) is 1. The molecule has 0 amide bonds. The van der Waals surface area contributed by atoms with E-state index in [4.69, 9.17) is 10.5 Å². The third kappa shape index (κ3) is 4.18. The van der Waals surface area contributed by atoms with Crippen LogP contribution in [0, 0.1) is 34.3 Å². The molecule has 0 saturated carbocycles. The van der Waals surface area contributed by atoms with Crippen molar-refractivity contribution >= 4 is 6.08 Å². The topological polar surface area (TPSA) is 59.0 Å². The molecule has 164 valence electrons. The maximum Gasteiger partial charge on any atom is 0.205 e. The van der Waals surface area contributed by atoms with Crippen LogP contribution >= 0.6 is 0 Å². The normalized spacial score (nSPS) is 22.4. The second kappa shape index (κ2) is 8.27. The van der Waals surface area contributed by atoms with Crippen LogP contribution in [0.4, 0.5) is 8.78 Å². The predicted octanol–water partition coefficient (Wildman–Crippen LogP) is 6.57. The number of hydrogen-bond acceptors (Lipinski definition) is 3. The average molecular weight is 433 g/mol. The molecular weight excluding hydrogens is 406 g/mol. The van der Waals surface area contributed by atoms with Gasteiger partial charge in [-0.25, -0.2) is 8.78 Å². The van der Waals surface area contributed by atoms with Crippen molar-refractivity contribution in [3.63, 3.8) is 0 Å². The smallest absolute Gasteiger partial charge is 0.205 e. The highest BCUT2D eigenvalue weighted by molar-refractivity contribution is 5.62. The molecule has 2 N–H and O–H groups in total. The van der Waals surface area contributed by atoms with Crippen molar-refractivity contribution in [2.45, 2.75) is 39.5 Å². The van der Waals surface area contributed by atoms with Gasteiger partial charge in [0.05, 0.1) is 0 Å². The molecule has 0 spiro atoms. The third-order valence-electron chi connectivity index (χ3n) is 6.35. The number of hydrogen-bond donors (Lipinski definition) is 1. The molecule has 2 aliphatic rings. The van der Waals surface area contributed by atoms with Gasteiger partial charge in [-0.3, -0.25) is 0 Å². The van der Waals surface area contributed by atoms with Gasteiger partial charge in [-0.05, 0) is 76.8 Å². The van der Waals surface area contributed by atoms with Crippen LogP contribution in [0.1, 0.15) is 50.7 Å². The Balaban J connectivity index is 1.92. The lowest BCUT2D eigenvalue weighted by molar-refractivity contribution is 0.200. The van der Waals surface area contributed by atoms with Gasteiger partial charge in [0.2, 0.25) is 5.88 Å². The van der Waals surface area contributed by atoms with Crippen LogP contribution in [0.2, 0.25) is 0 Å². The van der Waals surface area contributed by atoms with E-state index in [0.717, 1.165) is 23.1 Å². The Morgan fingerprint density at radius 2 is 1.75 bits per heavy atom. The summed E-state index contributed by atoms with van der Waals surface area (Å²) in [5, 5.41) is 9.87. The standard InChI is InChI=1S/C27H26F2N2O/c1-27(2,3)19-12-18(10-16-6-4-8-20(28)11-16)25-22(14-19)24(23(15-30)26(31)32-25)17-7-5-9-21(29)13-17/h4-11,13,19,24H,12,14,31H2,1-3H3/b18-10+. The predicted molar refractivity (Wildman–Crippen MR) is 121 cm³/mol. The van der Waals surface area contributed by atoms with E-state index in [1.54, 1.807) is 12.1 Å². The lowest BCUT2D eigenvalue weighted by Gasteiger charge is -2.41. The Kier molecular flexibility index (Phi) is 5.64. The summed E-state index contributed by atoms with van der Waals surface area (Å²) in [6, 6.07) is 14.8. The summed E-state index contributed by atoms with van der Waals surface area (Å²) in [6.07, 6.45) is 3.34. The minimum Gasteiger partial charge on any atom is -0.440 e. The molecule has 5 heteroatoms. The Bertz CT molecular complexity index is 1190. The Morgan fingerprint density at radius 1 is 1.06 bits per heavy atom. The van der Waals surface area contributed by atoms with E-state index >= 15 is 0 Å². The lowest BCUT2D eigenvalue weighted by Crippen LogP contribution is -2.31. The van der Waals surface area contributed by atoms with Crippen LogP contribution in [0.5, 0.6) is 0 Å². The van der Waals surface area contributed by atoms with Gasteiger partial charge >= 0.3 is 0 Å². The Hall–Kier alpha value is -3.39. The van der Waals surface area contributed by atoms with Gasteiger partial charge in [-0.1, -0.05) is 45.0 Å². The fraction of sp³-hybridized carbons (Fsp3) is 0.296. The van der Waals surface area contributed by atoms with E-state index in [2.05, 4.69) is 26.8 Å². The number of nitriles is 1. The van der Waals surface area contributed by atoms with Crippen LogP contribution in [0.3, 0.4) is 0 Å². The van der Waals surface area contributed by atoms with Gasteiger partial charge in [0, 0.05) is 5.92 Å². The summed E-state index contributed by atoms with van der Waals surface area (Å²) in [7, 11) is 0. The number of nitrogens with zero attached hydrogens (tertiary/aromatic N) is 1. The first-order valence-corrected chi connectivity index (χ1v) is 10.7. The van der Waals surface area contributed by atoms with Crippen molar-refractivity contribution in [2.75, 3.05) is 0 Å². The lowest BCUT2D eigenvalue weighted by atomic mass is 9.66. The molecule has 4 rings (SSSR count). The maximum atomic E-state index is 14.1. The fourth-order valence-electron chi connectivity index (χ4n) is 4.56. The van der Waals surface area contributed by atoms with Crippen LogP contribution < -0.4 is 5.73 Å². The Labute approximate surface area is 187 Å². The van der Waals surface area contributed by atoms with Crippen molar-refractivity contribution in [3.05, 3.63) is 99.7 Å². The molecular formula is C27H26F2N2O. The summed E-state index contributed by atoms with van der Waals surface area (Å²) in [4.78, 5) is 0. The number of halogens is 2. The van der Waals surface area contributed by atoms with Gasteiger partial charge in [-0.15, -0.1) is 0 Å². The van der Waals surface area contributed by atoms with Crippen LogP contribution in [-0.2, 0) is 4.74 Å². The highest BCUT2D eigenvalue weighted by Crippen LogP contribution is 2.51. The van der Waals surface area contributed by atoms with Gasteiger partial charge in [0.25, 0.3) is 0 Å². The van der Waals surface area contributed by atoms with E-state index in [-0.39, 0.29) is 34.4 Å². The summed E-state index contributed by atoms with van der Waals surface area (Å²) < 4.78 is 34.0. The maximum absolute atomic E-state index is 14.1. The second-order valence-corrected chi connectivity index (χ2v) is 9.53. The molecule has 0 radical (unpaired) electrons. The molecule has 0 aromatic heterocycles. The van der Waals surface area contributed by atoms with Crippen molar-refractivity contribution in [1.82, 2.24) is 0 Å². The summed E-state index contributed by atoms with van der Waals surface area (Å²) in [5.74, 6) is -0.281. The third-order valence-corrected chi connectivity index (χ3v) is 6.35. The molecule has 0 saturated heterocycles. The molecule has 2 atom stereocenters. The molecule has 32 heavy (non-hydrogen) atoms. The van der Waals surface area contributed by atoms with E-state index in [9.17, 15) is 14.0 Å². The molecule has 2 unspecified atom stereocenters.